The number of ether oxygens (including phenoxy) is 1. The molecule has 0 aliphatic heterocycles. The van der Waals surface area contributed by atoms with Crippen molar-refractivity contribution in [1.82, 2.24) is 19.7 Å². The molecule has 1 unspecified atom stereocenters. The van der Waals surface area contributed by atoms with Crippen molar-refractivity contribution in [2.75, 3.05) is 6.61 Å². The van der Waals surface area contributed by atoms with Gasteiger partial charge in [-0.2, -0.15) is 5.10 Å². The summed E-state index contributed by atoms with van der Waals surface area (Å²) >= 11 is 0. The molecule has 1 aliphatic rings. The van der Waals surface area contributed by atoms with Crippen molar-refractivity contribution in [2.24, 2.45) is 0 Å². The summed E-state index contributed by atoms with van der Waals surface area (Å²) in [6.45, 7) is 0.543. The third kappa shape index (κ3) is 4.72. The van der Waals surface area contributed by atoms with Gasteiger partial charge in [-0.1, -0.05) is 12.1 Å². The summed E-state index contributed by atoms with van der Waals surface area (Å²) in [6, 6.07) is 15.1. The van der Waals surface area contributed by atoms with Crippen LogP contribution in [0.15, 0.2) is 60.9 Å². The number of nitrogens with zero attached hydrogens (tertiary/aromatic N) is 4. The second-order valence-electron chi connectivity index (χ2n) is 8.39. The lowest BCUT2D eigenvalue weighted by atomic mass is 9.96. The Morgan fingerprint density at radius 1 is 1.12 bits per heavy atom. The molecule has 0 saturated heterocycles. The maximum Gasteiger partial charge on any atom is 0.305 e. The van der Waals surface area contributed by atoms with Crippen molar-refractivity contribution in [1.29, 1.82) is 0 Å². The Hall–Kier alpha value is -3.74. The van der Waals surface area contributed by atoms with E-state index in [0.29, 0.717) is 12.3 Å². The first kappa shape index (κ1) is 21.1. The minimum absolute atomic E-state index is 0.0974. The molecule has 0 spiro atoms. The third-order valence-corrected chi connectivity index (χ3v) is 6.12. The first-order chi connectivity index (χ1) is 16.2. The molecule has 7 heteroatoms. The highest BCUT2D eigenvalue weighted by molar-refractivity contribution is 5.80. The highest BCUT2D eigenvalue weighted by Gasteiger charge is 2.21. The first-order valence-electron chi connectivity index (χ1n) is 11.4. The van der Waals surface area contributed by atoms with Gasteiger partial charge in [0, 0.05) is 29.4 Å². The van der Waals surface area contributed by atoms with E-state index in [9.17, 15) is 9.90 Å². The monoisotopic (exact) mass is 442 g/mol. The molecule has 1 aliphatic carbocycles. The van der Waals surface area contributed by atoms with Crippen LogP contribution in [0.25, 0.3) is 10.9 Å². The summed E-state index contributed by atoms with van der Waals surface area (Å²) in [5.74, 6) is -0.141. The van der Waals surface area contributed by atoms with E-state index in [1.807, 2.05) is 36.4 Å². The highest BCUT2D eigenvalue weighted by atomic mass is 16.5. The molecule has 33 heavy (non-hydrogen) atoms. The molecule has 3 aromatic heterocycles. The van der Waals surface area contributed by atoms with E-state index in [1.165, 1.54) is 24.1 Å². The maximum absolute atomic E-state index is 11.5. The molecule has 7 nitrogen and oxygen atoms in total. The van der Waals surface area contributed by atoms with Crippen LogP contribution < -0.4 is 4.74 Å². The van der Waals surface area contributed by atoms with Crippen molar-refractivity contribution in [2.45, 2.75) is 44.6 Å². The first-order valence-corrected chi connectivity index (χ1v) is 11.4. The summed E-state index contributed by atoms with van der Waals surface area (Å²) in [4.78, 5) is 20.7. The Morgan fingerprint density at radius 2 is 2.03 bits per heavy atom. The van der Waals surface area contributed by atoms with Crippen LogP contribution in [0.5, 0.6) is 5.75 Å². The molecule has 0 bridgehead atoms. The van der Waals surface area contributed by atoms with Gasteiger partial charge in [0.05, 0.1) is 30.4 Å². The van der Waals surface area contributed by atoms with Crippen molar-refractivity contribution in [3.63, 3.8) is 0 Å². The van der Waals surface area contributed by atoms with Crippen LogP contribution in [0.1, 0.15) is 47.9 Å². The number of aromatic nitrogens is 4. The average molecular weight is 443 g/mol. The largest absolute Gasteiger partial charge is 0.493 e. The van der Waals surface area contributed by atoms with Crippen molar-refractivity contribution in [3.05, 3.63) is 83.6 Å². The smallest absolute Gasteiger partial charge is 0.305 e. The molecular formula is C26H26N4O3. The number of hydrogen-bond donors (Lipinski definition) is 1. The van der Waals surface area contributed by atoms with Gasteiger partial charge < -0.3 is 9.84 Å². The Bertz CT molecular complexity index is 1270. The molecule has 1 atom stereocenters. The van der Waals surface area contributed by atoms with Crippen LogP contribution in [0.2, 0.25) is 0 Å². The normalized spacial score (nSPS) is 14.1. The second kappa shape index (κ2) is 9.40. The minimum Gasteiger partial charge on any atom is -0.493 e. The lowest BCUT2D eigenvalue weighted by Crippen LogP contribution is -2.17. The molecule has 5 rings (SSSR count). The van der Waals surface area contributed by atoms with Crippen LogP contribution in [0.3, 0.4) is 0 Å². The molecule has 168 valence electrons. The predicted molar refractivity (Wildman–Crippen MR) is 124 cm³/mol. The fourth-order valence-corrected chi connectivity index (χ4v) is 4.46. The van der Waals surface area contributed by atoms with Gasteiger partial charge in [-0.15, -0.1) is 0 Å². The van der Waals surface area contributed by atoms with E-state index in [4.69, 9.17) is 9.72 Å². The van der Waals surface area contributed by atoms with Crippen LogP contribution in [-0.2, 0) is 24.1 Å². The second-order valence-corrected chi connectivity index (χ2v) is 8.39. The van der Waals surface area contributed by atoms with Gasteiger partial charge in [-0.25, -0.2) is 0 Å². The molecule has 0 radical (unpaired) electrons. The fraction of sp³-hybridized carbons (Fsp3) is 0.308. The van der Waals surface area contributed by atoms with Gasteiger partial charge in [0.1, 0.15) is 11.8 Å². The summed E-state index contributed by atoms with van der Waals surface area (Å²) in [7, 11) is 0. The lowest BCUT2D eigenvalue weighted by molar-refractivity contribution is -0.137. The number of hydrogen-bond acceptors (Lipinski definition) is 5. The van der Waals surface area contributed by atoms with E-state index in [-0.39, 0.29) is 6.42 Å². The number of benzene rings is 1. The van der Waals surface area contributed by atoms with Crippen LogP contribution in [0.4, 0.5) is 0 Å². The fourth-order valence-electron chi connectivity index (χ4n) is 4.46. The van der Waals surface area contributed by atoms with Crippen LogP contribution >= 0.6 is 0 Å². The number of rotatable bonds is 8. The standard InChI is InChI=1S/C26H26N4O3/c31-26(32)16-25(23-7-3-4-13-27-23)30-24-11-10-21(15-19(24)17-28-30)33-14-12-20-9-8-18-5-1-2-6-22(18)29-20/h3-4,7-11,13,15,17,25H,1-2,5-6,12,14,16H2,(H,31,32). The van der Waals surface area contributed by atoms with E-state index >= 15 is 0 Å². The Balaban J connectivity index is 1.30. The van der Waals surface area contributed by atoms with Gasteiger partial charge in [-0.05, 0) is 67.6 Å². The van der Waals surface area contributed by atoms with Crippen molar-refractivity contribution >= 4 is 16.9 Å². The molecule has 1 aromatic carbocycles. The van der Waals surface area contributed by atoms with Crippen molar-refractivity contribution in [3.8, 4) is 5.75 Å². The van der Waals surface area contributed by atoms with Crippen LogP contribution in [0, 0.1) is 0 Å². The minimum atomic E-state index is -0.898. The summed E-state index contributed by atoms with van der Waals surface area (Å²) < 4.78 is 7.73. The molecular weight excluding hydrogens is 416 g/mol. The Kier molecular flexibility index (Phi) is 6.02. The lowest BCUT2D eigenvalue weighted by Gasteiger charge is -2.16. The zero-order chi connectivity index (χ0) is 22.6. The predicted octanol–water partition coefficient (Wildman–Crippen LogP) is 4.39. The number of fused-ring (bicyclic) bond motifs is 2. The topological polar surface area (TPSA) is 90.1 Å². The average Bonchev–Trinajstić information content (AvgIpc) is 3.26. The van der Waals surface area contributed by atoms with E-state index < -0.39 is 12.0 Å². The molecule has 0 fully saturated rings. The number of aliphatic carboxylic acids is 1. The quantitative estimate of drug-likeness (QED) is 0.435. The summed E-state index contributed by atoms with van der Waals surface area (Å²) in [6.07, 6.45) is 8.76. The molecule has 1 N–H and O–H groups in total. The Labute approximate surface area is 192 Å². The summed E-state index contributed by atoms with van der Waals surface area (Å²) in [5, 5.41) is 14.8. The van der Waals surface area contributed by atoms with E-state index in [1.54, 1.807) is 17.1 Å². The van der Waals surface area contributed by atoms with Gasteiger partial charge in [0.2, 0.25) is 0 Å². The Morgan fingerprint density at radius 3 is 2.88 bits per heavy atom. The number of carboxylic acid groups (broad SMARTS) is 1. The SMILES string of the molecule is O=C(O)CC(c1ccccn1)n1ncc2cc(OCCc3ccc4c(n3)CCCC4)ccc21. The van der Waals surface area contributed by atoms with Gasteiger partial charge >= 0.3 is 5.97 Å². The number of carbonyl (C=O) groups is 1. The number of aryl methyl sites for hydroxylation is 2. The van der Waals surface area contributed by atoms with Gasteiger partial charge in [0.15, 0.2) is 0 Å². The molecule has 0 saturated carbocycles. The zero-order valence-electron chi connectivity index (χ0n) is 18.4. The zero-order valence-corrected chi connectivity index (χ0v) is 18.4. The van der Waals surface area contributed by atoms with Crippen LogP contribution in [-0.4, -0.2) is 37.4 Å². The number of pyridine rings is 2. The van der Waals surface area contributed by atoms with Gasteiger partial charge in [0.25, 0.3) is 0 Å². The molecule has 0 amide bonds. The third-order valence-electron chi connectivity index (χ3n) is 6.12. The van der Waals surface area contributed by atoms with Gasteiger partial charge in [-0.3, -0.25) is 19.4 Å². The maximum atomic E-state index is 11.5. The van der Waals surface area contributed by atoms with E-state index in [2.05, 4.69) is 22.2 Å². The molecule has 4 aromatic rings. The number of carboxylic acids is 1. The highest BCUT2D eigenvalue weighted by Crippen LogP contribution is 2.27. The summed E-state index contributed by atoms with van der Waals surface area (Å²) in [5.41, 5.74) is 5.21. The molecule has 3 heterocycles. The van der Waals surface area contributed by atoms with Crippen molar-refractivity contribution < 1.29 is 14.6 Å². The van der Waals surface area contributed by atoms with E-state index in [0.717, 1.165) is 41.6 Å².